The molecule has 0 amide bonds. The van der Waals surface area contributed by atoms with Crippen molar-refractivity contribution < 1.29 is 0 Å². The molecule has 2 rings (SSSR count). The van der Waals surface area contributed by atoms with Crippen molar-refractivity contribution in [3.63, 3.8) is 0 Å². The van der Waals surface area contributed by atoms with E-state index in [1.807, 2.05) is 13.0 Å². The van der Waals surface area contributed by atoms with Gasteiger partial charge < -0.3 is 10.2 Å². The standard InChI is InChI=1S/C12H17ClN2/c1-9-3-4-10(7-12(9)13)14-11-5-6-15(2)8-11/h3-4,7,11,14H,5-6,8H2,1-2H3. The molecular formula is C12H17ClN2. The van der Waals surface area contributed by atoms with Gasteiger partial charge in [0.2, 0.25) is 0 Å². The van der Waals surface area contributed by atoms with E-state index in [2.05, 4.69) is 29.4 Å². The van der Waals surface area contributed by atoms with Gasteiger partial charge in [-0.25, -0.2) is 0 Å². The van der Waals surface area contributed by atoms with Crippen LogP contribution in [0.15, 0.2) is 18.2 Å². The van der Waals surface area contributed by atoms with Crippen LogP contribution in [-0.2, 0) is 0 Å². The fourth-order valence-corrected chi connectivity index (χ4v) is 2.15. The lowest BCUT2D eigenvalue weighted by Gasteiger charge is -2.14. The lowest BCUT2D eigenvalue weighted by atomic mass is 10.2. The van der Waals surface area contributed by atoms with Gasteiger partial charge in [0.05, 0.1) is 0 Å². The van der Waals surface area contributed by atoms with E-state index < -0.39 is 0 Å². The summed E-state index contributed by atoms with van der Waals surface area (Å²) in [6.45, 7) is 4.32. The zero-order valence-electron chi connectivity index (χ0n) is 9.26. The maximum Gasteiger partial charge on any atom is 0.0455 e. The Bertz CT molecular complexity index is 351. The summed E-state index contributed by atoms with van der Waals surface area (Å²) in [4.78, 5) is 2.34. The van der Waals surface area contributed by atoms with Crippen molar-refractivity contribution in [3.8, 4) is 0 Å². The van der Waals surface area contributed by atoms with Crippen molar-refractivity contribution in [1.29, 1.82) is 0 Å². The Morgan fingerprint density at radius 2 is 2.27 bits per heavy atom. The summed E-state index contributed by atoms with van der Waals surface area (Å²) in [5.41, 5.74) is 2.26. The number of anilines is 1. The number of likely N-dealkylation sites (tertiary alicyclic amines) is 1. The Hall–Kier alpha value is -0.730. The third-order valence-corrected chi connectivity index (χ3v) is 3.34. The molecule has 1 aromatic carbocycles. The van der Waals surface area contributed by atoms with Crippen LogP contribution in [0.3, 0.4) is 0 Å². The summed E-state index contributed by atoms with van der Waals surface area (Å²) >= 11 is 6.08. The van der Waals surface area contributed by atoms with Crippen molar-refractivity contribution in [3.05, 3.63) is 28.8 Å². The molecule has 0 radical (unpaired) electrons. The summed E-state index contributed by atoms with van der Waals surface area (Å²) in [5.74, 6) is 0. The van der Waals surface area contributed by atoms with Gasteiger partial charge in [-0.15, -0.1) is 0 Å². The monoisotopic (exact) mass is 224 g/mol. The first-order chi connectivity index (χ1) is 7.15. The van der Waals surface area contributed by atoms with Crippen molar-refractivity contribution in [1.82, 2.24) is 4.90 Å². The zero-order chi connectivity index (χ0) is 10.8. The molecule has 0 spiro atoms. The van der Waals surface area contributed by atoms with E-state index in [1.54, 1.807) is 0 Å². The van der Waals surface area contributed by atoms with E-state index >= 15 is 0 Å². The molecule has 15 heavy (non-hydrogen) atoms. The summed E-state index contributed by atoms with van der Waals surface area (Å²) in [7, 11) is 2.16. The van der Waals surface area contributed by atoms with Crippen LogP contribution in [-0.4, -0.2) is 31.1 Å². The Balaban J connectivity index is 2.02. The summed E-state index contributed by atoms with van der Waals surface area (Å²) in [6.07, 6.45) is 1.21. The predicted molar refractivity (Wildman–Crippen MR) is 65.7 cm³/mol. The van der Waals surface area contributed by atoms with Gasteiger partial charge in [0, 0.05) is 23.3 Å². The second-order valence-electron chi connectivity index (χ2n) is 4.36. The zero-order valence-corrected chi connectivity index (χ0v) is 10.0. The van der Waals surface area contributed by atoms with Gasteiger partial charge in [0.15, 0.2) is 0 Å². The fraction of sp³-hybridized carbons (Fsp3) is 0.500. The molecule has 1 saturated heterocycles. The predicted octanol–water partition coefficient (Wildman–Crippen LogP) is 2.76. The molecule has 0 aromatic heterocycles. The molecule has 0 aliphatic carbocycles. The summed E-state index contributed by atoms with van der Waals surface area (Å²) < 4.78 is 0. The van der Waals surface area contributed by atoms with Crippen LogP contribution in [0, 0.1) is 6.92 Å². The Kier molecular flexibility index (Phi) is 3.17. The van der Waals surface area contributed by atoms with E-state index in [9.17, 15) is 0 Å². The van der Waals surface area contributed by atoms with Gasteiger partial charge in [-0.05, 0) is 44.6 Å². The molecule has 1 aromatic rings. The summed E-state index contributed by atoms with van der Waals surface area (Å²) in [6, 6.07) is 6.73. The van der Waals surface area contributed by atoms with Gasteiger partial charge in [0.1, 0.15) is 0 Å². The Morgan fingerprint density at radius 3 is 2.87 bits per heavy atom. The molecule has 1 atom stereocenters. The second kappa shape index (κ2) is 4.42. The Morgan fingerprint density at radius 1 is 1.47 bits per heavy atom. The second-order valence-corrected chi connectivity index (χ2v) is 4.76. The minimum atomic E-state index is 0.564. The number of benzene rings is 1. The van der Waals surface area contributed by atoms with Crippen LogP contribution < -0.4 is 5.32 Å². The molecule has 1 heterocycles. The van der Waals surface area contributed by atoms with Gasteiger partial charge in [0.25, 0.3) is 0 Å². The topological polar surface area (TPSA) is 15.3 Å². The molecule has 82 valence electrons. The number of likely N-dealkylation sites (N-methyl/N-ethyl adjacent to an activating group) is 1. The van der Waals surface area contributed by atoms with E-state index in [4.69, 9.17) is 11.6 Å². The van der Waals surface area contributed by atoms with Gasteiger partial charge >= 0.3 is 0 Å². The minimum absolute atomic E-state index is 0.564. The van der Waals surface area contributed by atoms with E-state index in [0.29, 0.717) is 6.04 Å². The average Bonchev–Trinajstić information content (AvgIpc) is 2.58. The van der Waals surface area contributed by atoms with Crippen LogP contribution in [0.2, 0.25) is 5.02 Å². The number of aryl methyl sites for hydroxylation is 1. The number of hydrogen-bond donors (Lipinski definition) is 1. The molecule has 0 bridgehead atoms. The van der Waals surface area contributed by atoms with Crippen molar-refractivity contribution in [2.24, 2.45) is 0 Å². The SMILES string of the molecule is Cc1ccc(NC2CCN(C)C2)cc1Cl. The minimum Gasteiger partial charge on any atom is -0.381 e. The highest BCUT2D eigenvalue weighted by Gasteiger charge is 2.18. The van der Waals surface area contributed by atoms with E-state index in [0.717, 1.165) is 22.8 Å². The van der Waals surface area contributed by atoms with Crippen LogP contribution in [0.4, 0.5) is 5.69 Å². The first-order valence-corrected chi connectivity index (χ1v) is 5.74. The maximum absolute atomic E-state index is 6.08. The number of nitrogens with one attached hydrogen (secondary N) is 1. The highest BCUT2D eigenvalue weighted by atomic mass is 35.5. The molecule has 1 N–H and O–H groups in total. The maximum atomic E-state index is 6.08. The molecule has 1 unspecified atom stereocenters. The Labute approximate surface area is 96.2 Å². The lowest BCUT2D eigenvalue weighted by Crippen LogP contribution is -2.23. The third-order valence-electron chi connectivity index (χ3n) is 2.93. The normalized spacial score (nSPS) is 21.9. The molecule has 2 nitrogen and oxygen atoms in total. The largest absolute Gasteiger partial charge is 0.381 e. The first kappa shape index (κ1) is 10.8. The molecule has 1 aliphatic rings. The molecule has 1 aliphatic heterocycles. The fourth-order valence-electron chi connectivity index (χ4n) is 1.97. The number of halogens is 1. The average molecular weight is 225 g/mol. The molecular weight excluding hydrogens is 208 g/mol. The van der Waals surface area contributed by atoms with E-state index in [-0.39, 0.29) is 0 Å². The first-order valence-electron chi connectivity index (χ1n) is 5.36. The molecule has 0 saturated carbocycles. The van der Waals surface area contributed by atoms with Crippen LogP contribution in [0.5, 0.6) is 0 Å². The quantitative estimate of drug-likeness (QED) is 0.831. The van der Waals surface area contributed by atoms with Gasteiger partial charge in [-0.1, -0.05) is 17.7 Å². The smallest absolute Gasteiger partial charge is 0.0455 e. The highest BCUT2D eigenvalue weighted by molar-refractivity contribution is 6.31. The van der Waals surface area contributed by atoms with Gasteiger partial charge in [-0.2, -0.15) is 0 Å². The van der Waals surface area contributed by atoms with Crippen molar-refractivity contribution in [2.75, 3.05) is 25.5 Å². The lowest BCUT2D eigenvalue weighted by molar-refractivity contribution is 0.414. The highest BCUT2D eigenvalue weighted by Crippen LogP contribution is 2.22. The molecule has 1 fully saturated rings. The summed E-state index contributed by atoms with van der Waals surface area (Å²) in [5, 5.41) is 4.35. The van der Waals surface area contributed by atoms with Crippen LogP contribution >= 0.6 is 11.6 Å². The number of nitrogens with zero attached hydrogens (tertiary/aromatic N) is 1. The van der Waals surface area contributed by atoms with Gasteiger partial charge in [-0.3, -0.25) is 0 Å². The van der Waals surface area contributed by atoms with Crippen LogP contribution in [0.1, 0.15) is 12.0 Å². The van der Waals surface area contributed by atoms with Crippen LogP contribution in [0.25, 0.3) is 0 Å². The number of hydrogen-bond acceptors (Lipinski definition) is 2. The van der Waals surface area contributed by atoms with E-state index in [1.165, 1.54) is 13.0 Å². The number of rotatable bonds is 2. The molecule has 3 heteroatoms. The third kappa shape index (κ3) is 2.64. The van der Waals surface area contributed by atoms with Crippen molar-refractivity contribution in [2.45, 2.75) is 19.4 Å². The van der Waals surface area contributed by atoms with Crippen molar-refractivity contribution >= 4 is 17.3 Å².